The van der Waals surface area contributed by atoms with E-state index in [1.807, 2.05) is 32.0 Å². The number of halogens is 3. The number of nitrogens with zero attached hydrogens (tertiary/aromatic N) is 2. The molecular formula is C22H24F3N3O. The number of para-hydroxylation sites is 1. The fourth-order valence-corrected chi connectivity index (χ4v) is 3.48. The van der Waals surface area contributed by atoms with Gasteiger partial charge in [-0.1, -0.05) is 32.0 Å². The minimum atomic E-state index is -4.58. The van der Waals surface area contributed by atoms with E-state index in [1.165, 1.54) is 0 Å². The van der Waals surface area contributed by atoms with Crippen LogP contribution in [-0.4, -0.2) is 22.1 Å². The fraction of sp³-hybridized carbons (Fsp3) is 0.364. The van der Waals surface area contributed by atoms with Crippen molar-refractivity contribution in [1.29, 1.82) is 0 Å². The van der Waals surface area contributed by atoms with Crippen LogP contribution in [0.5, 0.6) is 5.75 Å². The van der Waals surface area contributed by atoms with E-state index < -0.39 is 17.3 Å². The van der Waals surface area contributed by atoms with Crippen molar-refractivity contribution < 1.29 is 17.9 Å². The first-order valence-corrected chi connectivity index (χ1v) is 9.40. The number of hydrogen-bond donors (Lipinski definition) is 1. The first kappa shape index (κ1) is 21.0. The molecule has 0 saturated heterocycles. The minimum Gasteiger partial charge on any atom is -0.489 e. The molecule has 0 fully saturated rings. The van der Waals surface area contributed by atoms with Gasteiger partial charge in [-0.3, -0.25) is 9.97 Å². The summed E-state index contributed by atoms with van der Waals surface area (Å²) in [6.07, 6.45) is -1.27. The molecule has 2 heterocycles. The van der Waals surface area contributed by atoms with E-state index in [4.69, 9.17) is 10.5 Å². The van der Waals surface area contributed by atoms with Crippen molar-refractivity contribution in [2.24, 2.45) is 11.7 Å². The van der Waals surface area contributed by atoms with Crippen LogP contribution in [0.25, 0.3) is 22.2 Å². The lowest BCUT2D eigenvalue weighted by Crippen LogP contribution is -2.43. The van der Waals surface area contributed by atoms with E-state index in [1.54, 1.807) is 25.3 Å². The Balaban J connectivity index is 1.99. The molecule has 2 aromatic heterocycles. The Bertz CT molecular complexity index is 995. The van der Waals surface area contributed by atoms with Crippen molar-refractivity contribution in [3.63, 3.8) is 0 Å². The molecule has 0 spiro atoms. The predicted octanol–water partition coefficient (Wildman–Crippen LogP) is 5.46. The van der Waals surface area contributed by atoms with E-state index in [9.17, 15) is 13.2 Å². The standard InChI is InChI=1S/C22H24F3N3O/c1-14(2)11-21(3,26)13-29-20-12-28-19(10-17(20)22(23,24)25)16-8-9-27-18-7-5-4-6-15(16)18/h4-10,12,14H,11,13,26H2,1-3H3/t21-/m0/s1. The molecule has 1 atom stereocenters. The largest absolute Gasteiger partial charge is 0.489 e. The number of pyridine rings is 2. The van der Waals surface area contributed by atoms with Gasteiger partial charge in [0.2, 0.25) is 0 Å². The van der Waals surface area contributed by atoms with Gasteiger partial charge >= 0.3 is 6.18 Å². The molecule has 7 heteroatoms. The van der Waals surface area contributed by atoms with E-state index in [-0.39, 0.29) is 18.1 Å². The van der Waals surface area contributed by atoms with Gasteiger partial charge < -0.3 is 10.5 Å². The van der Waals surface area contributed by atoms with Crippen LogP contribution in [-0.2, 0) is 6.18 Å². The summed E-state index contributed by atoms with van der Waals surface area (Å²) in [4.78, 5) is 8.49. The molecule has 3 rings (SSSR count). The summed E-state index contributed by atoms with van der Waals surface area (Å²) >= 11 is 0. The highest BCUT2D eigenvalue weighted by molar-refractivity contribution is 5.93. The highest BCUT2D eigenvalue weighted by Crippen LogP contribution is 2.39. The number of nitrogens with two attached hydrogens (primary N) is 1. The van der Waals surface area contributed by atoms with Gasteiger partial charge in [-0.25, -0.2) is 0 Å². The average molecular weight is 403 g/mol. The third-order valence-electron chi connectivity index (χ3n) is 4.53. The summed E-state index contributed by atoms with van der Waals surface area (Å²) in [5.41, 5.74) is 6.04. The number of fused-ring (bicyclic) bond motifs is 1. The zero-order valence-electron chi connectivity index (χ0n) is 16.6. The SMILES string of the molecule is CC(C)C[C@](C)(N)COc1cnc(-c2ccnc3ccccc23)cc1C(F)(F)F. The molecule has 1 aromatic carbocycles. The van der Waals surface area contributed by atoms with Crippen molar-refractivity contribution in [2.75, 3.05) is 6.61 Å². The Morgan fingerprint density at radius 2 is 1.83 bits per heavy atom. The molecule has 29 heavy (non-hydrogen) atoms. The first-order valence-electron chi connectivity index (χ1n) is 9.40. The van der Waals surface area contributed by atoms with Crippen molar-refractivity contribution >= 4 is 10.9 Å². The molecule has 0 aliphatic heterocycles. The Morgan fingerprint density at radius 1 is 1.10 bits per heavy atom. The second kappa shape index (κ2) is 7.99. The summed E-state index contributed by atoms with van der Waals surface area (Å²) in [6, 6.07) is 9.93. The fourth-order valence-electron chi connectivity index (χ4n) is 3.48. The molecule has 0 radical (unpaired) electrons. The topological polar surface area (TPSA) is 61.0 Å². The normalized spacial score (nSPS) is 14.2. The quantitative estimate of drug-likeness (QED) is 0.594. The average Bonchev–Trinajstić information content (AvgIpc) is 2.64. The van der Waals surface area contributed by atoms with E-state index in [2.05, 4.69) is 9.97 Å². The highest BCUT2D eigenvalue weighted by Gasteiger charge is 2.36. The van der Waals surface area contributed by atoms with Crippen LogP contribution in [0, 0.1) is 5.92 Å². The zero-order chi connectivity index (χ0) is 21.2. The molecule has 154 valence electrons. The maximum absolute atomic E-state index is 13.7. The second-order valence-corrected chi connectivity index (χ2v) is 7.98. The third kappa shape index (κ3) is 5.03. The van der Waals surface area contributed by atoms with Gasteiger partial charge in [-0.05, 0) is 37.5 Å². The van der Waals surface area contributed by atoms with Gasteiger partial charge in [0, 0.05) is 22.7 Å². The number of benzene rings is 1. The van der Waals surface area contributed by atoms with Crippen LogP contribution in [0.15, 0.2) is 48.8 Å². The van der Waals surface area contributed by atoms with E-state index in [0.29, 0.717) is 23.4 Å². The summed E-state index contributed by atoms with van der Waals surface area (Å²) in [5.74, 6) is -0.0174. The number of hydrogen-bond acceptors (Lipinski definition) is 4. The Morgan fingerprint density at radius 3 is 2.52 bits per heavy atom. The van der Waals surface area contributed by atoms with Crippen molar-refractivity contribution in [3.8, 4) is 17.0 Å². The molecule has 4 nitrogen and oxygen atoms in total. The van der Waals surface area contributed by atoms with Gasteiger partial charge in [0.05, 0.1) is 17.4 Å². The van der Waals surface area contributed by atoms with Gasteiger partial charge in [0.25, 0.3) is 0 Å². The van der Waals surface area contributed by atoms with E-state index >= 15 is 0 Å². The Hall–Kier alpha value is -2.67. The van der Waals surface area contributed by atoms with Crippen LogP contribution in [0.4, 0.5) is 13.2 Å². The molecule has 0 aliphatic rings. The lowest BCUT2D eigenvalue weighted by molar-refractivity contribution is -0.139. The number of ether oxygens (including phenoxy) is 1. The minimum absolute atomic E-state index is 0.0343. The molecule has 0 bridgehead atoms. The molecule has 0 unspecified atom stereocenters. The lowest BCUT2D eigenvalue weighted by atomic mass is 9.93. The molecule has 0 saturated carbocycles. The maximum atomic E-state index is 13.7. The van der Waals surface area contributed by atoms with Gasteiger partial charge in [0.15, 0.2) is 0 Å². The smallest absolute Gasteiger partial charge is 0.420 e. The van der Waals surface area contributed by atoms with E-state index in [0.717, 1.165) is 17.6 Å². The molecule has 0 aliphatic carbocycles. The van der Waals surface area contributed by atoms with Crippen LogP contribution < -0.4 is 10.5 Å². The first-order chi connectivity index (χ1) is 13.6. The summed E-state index contributed by atoms with van der Waals surface area (Å²) in [6.45, 7) is 5.74. The van der Waals surface area contributed by atoms with Gasteiger partial charge in [-0.2, -0.15) is 13.2 Å². The summed E-state index contributed by atoms with van der Waals surface area (Å²) in [5, 5.41) is 0.732. The van der Waals surface area contributed by atoms with Gasteiger partial charge in [0.1, 0.15) is 17.9 Å². The third-order valence-corrected chi connectivity index (χ3v) is 4.53. The van der Waals surface area contributed by atoms with Gasteiger partial charge in [-0.15, -0.1) is 0 Å². The van der Waals surface area contributed by atoms with Crippen LogP contribution in [0.3, 0.4) is 0 Å². The maximum Gasteiger partial charge on any atom is 0.420 e. The molecular weight excluding hydrogens is 379 g/mol. The summed E-state index contributed by atoms with van der Waals surface area (Å²) < 4.78 is 46.7. The Kier molecular flexibility index (Phi) is 5.80. The number of aromatic nitrogens is 2. The molecule has 3 aromatic rings. The van der Waals surface area contributed by atoms with Crippen LogP contribution >= 0.6 is 0 Å². The van der Waals surface area contributed by atoms with Crippen LogP contribution in [0.2, 0.25) is 0 Å². The van der Waals surface area contributed by atoms with Crippen molar-refractivity contribution in [1.82, 2.24) is 9.97 Å². The second-order valence-electron chi connectivity index (χ2n) is 7.98. The molecule has 2 N–H and O–H groups in total. The Labute approximate surface area is 167 Å². The highest BCUT2D eigenvalue weighted by atomic mass is 19.4. The monoisotopic (exact) mass is 403 g/mol. The lowest BCUT2D eigenvalue weighted by Gasteiger charge is -2.27. The number of rotatable bonds is 6. The molecule has 0 amide bonds. The predicted molar refractivity (Wildman–Crippen MR) is 108 cm³/mol. The van der Waals surface area contributed by atoms with Crippen molar-refractivity contribution in [2.45, 2.75) is 38.9 Å². The summed E-state index contributed by atoms with van der Waals surface area (Å²) in [7, 11) is 0. The number of alkyl halides is 3. The zero-order valence-corrected chi connectivity index (χ0v) is 16.6. The van der Waals surface area contributed by atoms with Crippen LogP contribution in [0.1, 0.15) is 32.8 Å². The van der Waals surface area contributed by atoms with Crippen molar-refractivity contribution in [3.05, 3.63) is 54.4 Å².